The minimum Gasteiger partial charge on any atom is -0.388 e. The van der Waals surface area contributed by atoms with Crippen LogP contribution in [0.1, 0.15) is 23.7 Å². The normalized spacial score (nSPS) is 12.9. The lowest BCUT2D eigenvalue weighted by molar-refractivity contribution is 0.181. The SMILES string of the molecule is C=CCC(O)c1cscc1C. The van der Waals surface area contributed by atoms with E-state index < -0.39 is 0 Å². The van der Waals surface area contributed by atoms with Crippen molar-refractivity contribution in [2.45, 2.75) is 19.4 Å². The Morgan fingerprint density at radius 1 is 1.73 bits per heavy atom. The molecule has 0 saturated heterocycles. The van der Waals surface area contributed by atoms with Gasteiger partial charge < -0.3 is 5.11 Å². The summed E-state index contributed by atoms with van der Waals surface area (Å²) in [6, 6.07) is 0. The van der Waals surface area contributed by atoms with Crippen LogP contribution in [-0.4, -0.2) is 5.11 Å². The molecular formula is C9H12OS. The van der Waals surface area contributed by atoms with Crippen LogP contribution < -0.4 is 0 Å². The van der Waals surface area contributed by atoms with Crippen molar-refractivity contribution in [1.29, 1.82) is 0 Å². The van der Waals surface area contributed by atoms with Gasteiger partial charge in [-0.05, 0) is 35.2 Å². The summed E-state index contributed by atoms with van der Waals surface area (Å²) >= 11 is 1.63. The molecule has 1 N–H and O–H groups in total. The van der Waals surface area contributed by atoms with Crippen LogP contribution in [-0.2, 0) is 0 Å². The second kappa shape index (κ2) is 3.69. The van der Waals surface area contributed by atoms with Crippen molar-refractivity contribution in [2.24, 2.45) is 0 Å². The van der Waals surface area contributed by atoms with Crippen molar-refractivity contribution in [2.75, 3.05) is 0 Å². The Bertz CT molecular complexity index is 239. The molecule has 0 saturated carbocycles. The van der Waals surface area contributed by atoms with E-state index in [4.69, 9.17) is 0 Å². The lowest BCUT2D eigenvalue weighted by Gasteiger charge is -2.06. The first-order chi connectivity index (χ1) is 5.25. The van der Waals surface area contributed by atoms with Gasteiger partial charge in [-0.2, -0.15) is 11.3 Å². The molecule has 60 valence electrons. The highest BCUT2D eigenvalue weighted by Gasteiger charge is 2.08. The summed E-state index contributed by atoms with van der Waals surface area (Å²) in [7, 11) is 0. The predicted molar refractivity (Wildman–Crippen MR) is 48.8 cm³/mol. The smallest absolute Gasteiger partial charge is 0.0834 e. The van der Waals surface area contributed by atoms with Gasteiger partial charge in [0, 0.05) is 0 Å². The van der Waals surface area contributed by atoms with E-state index in [0.717, 1.165) is 5.56 Å². The average molecular weight is 168 g/mol. The van der Waals surface area contributed by atoms with E-state index in [1.807, 2.05) is 17.7 Å². The molecule has 1 aromatic rings. The Labute approximate surface area is 71.0 Å². The van der Waals surface area contributed by atoms with E-state index in [1.54, 1.807) is 17.4 Å². The molecule has 1 nitrogen and oxygen atoms in total. The van der Waals surface area contributed by atoms with Crippen molar-refractivity contribution in [1.82, 2.24) is 0 Å². The van der Waals surface area contributed by atoms with Gasteiger partial charge in [0.05, 0.1) is 6.10 Å². The van der Waals surface area contributed by atoms with Gasteiger partial charge in [0.25, 0.3) is 0 Å². The largest absolute Gasteiger partial charge is 0.388 e. The molecule has 0 amide bonds. The third kappa shape index (κ3) is 1.91. The maximum absolute atomic E-state index is 9.53. The molecule has 0 fully saturated rings. The van der Waals surface area contributed by atoms with Crippen molar-refractivity contribution < 1.29 is 5.11 Å². The molecule has 0 spiro atoms. The van der Waals surface area contributed by atoms with Crippen LogP contribution in [0.2, 0.25) is 0 Å². The molecular weight excluding hydrogens is 156 g/mol. The van der Waals surface area contributed by atoms with E-state index in [-0.39, 0.29) is 6.10 Å². The highest BCUT2D eigenvalue weighted by atomic mass is 32.1. The Balaban J connectivity index is 2.74. The first-order valence-electron chi connectivity index (χ1n) is 3.57. The molecule has 1 unspecified atom stereocenters. The Morgan fingerprint density at radius 3 is 2.91 bits per heavy atom. The summed E-state index contributed by atoms with van der Waals surface area (Å²) < 4.78 is 0. The molecule has 0 aliphatic carbocycles. The molecule has 0 aliphatic rings. The predicted octanol–water partition coefficient (Wildman–Crippen LogP) is 2.67. The minimum atomic E-state index is -0.362. The summed E-state index contributed by atoms with van der Waals surface area (Å²) in [5.41, 5.74) is 2.21. The van der Waals surface area contributed by atoms with Gasteiger partial charge in [0.1, 0.15) is 0 Å². The molecule has 0 aromatic carbocycles. The third-order valence-electron chi connectivity index (χ3n) is 1.64. The van der Waals surface area contributed by atoms with Crippen molar-refractivity contribution in [3.05, 3.63) is 34.5 Å². The number of hydrogen-bond acceptors (Lipinski definition) is 2. The van der Waals surface area contributed by atoms with Crippen LogP contribution in [0.25, 0.3) is 0 Å². The van der Waals surface area contributed by atoms with Crippen LogP contribution in [0.15, 0.2) is 23.4 Å². The monoisotopic (exact) mass is 168 g/mol. The van der Waals surface area contributed by atoms with Crippen LogP contribution in [0, 0.1) is 6.92 Å². The molecule has 1 atom stereocenters. The minimum absolute atomic E-state index is 0.362. The first kappa shape index (κ1) is 8.50. The summed E-state index contributed by atoms with van der Waals surface area (Å²) in [5, 5.41) is 13.6. The van der Waals surface area contributed by atoms with Gasteiger partial charge in [0.15, 0.2) is 0 Å². The molecule has 0 aliphatic heterocycles. The van der Waals surface area contributed by atoms with Crippen molar-refractivity contribution in [3.8, 4) is 0 Å². The number of aryl methyl sites for hydroxylation is 1. The molecule has 1 rings (SSSR count). The van der Waals surface area contributed by atoms with Crippen molar-refractivity contribution >= 4 is 11.3 Å². The summed E-state index contributed by atoms with van der Waals surface area (Å²) in [6.07, 6.45) is 2.01. The van der Waals surface area contributed by atoms with E-state index in [2.05, 4.69) is 6.58 Å². The van der Waals surface area contributed by atoms with Crippen molar-refractivity contribution in [3.63, 3.8) is 0 Å². The fraction of sp³-hybridized carbons (Fsp3) is 0.333. The fourth-order valence-electron chi connectivity index (χ4n) is 0.997. The van der Waals surface area contributed by atoms with E-state index >= 15 is 0 Å². The third-order valence-corrected chi connectivity index (χ3v) is 2.52. The second-order valence-electron chi connectivity index (χ2n) is 2.55. The first-order valence-corrected chi connectivity index (χ1v) is 4.51. The zero-order valence-electron chi connectivity index (χ0n) is 6.58. The Morgan fingerprint density at radius 2 is 2.45 bits per heavy atom. The molecule has 1 aromatic heterocycles. The highest BCUT2D eigenvalue weighted by Crippen LogP contribution is 2.23. The number of thiophene rings is 1. The molecule has 1 heterocycles. The quantitative estimate of drug-likeness (QED) is 0.688. The van der Waals surface area contributed by atoms with E-state index in [1.165, 1.54) is 5.56 Å². The van der Waals surface area contributed by atoms with Crippen LogP contribution in [0.3, 0.4) is 0 Å². The van der Waals surface area contributed by atoms with Crippen LogP contribution in [0.5, 0.6) is 0 Å². The maximum atomic E-state index is 9.53. The Kier molecular flexibility index (Phi) is 2.85. The zero-order valence-corrected chi connectivity index (χ0v) is 7.40. The van der Waals surface area contributed by atoms with Gasteiger partial charge >= 0.3 is 0 Å². The summed E-state index contributed by atoms with van der Waals surface area (Å²) in [5.74, 6) is 0. The lowest BCUT2D eigenvalue weighted by atomic mass is 10.1. The fourth-order valence-corrected chi connectivity index (χ4v) is 1.89. The van der Waals surface area contributed by atoms with Gasteiger partial charge in [0.2, 0.25) is 0 Å². The number of rotatable bonds is 3. The number of aliphatic hydroxyl groups excluding tert-OH is 1. The van der Waals surface area contributed by atoms with Gasteiger partial charge in [-0.3, -0.25) is 0 Å². The van der Waals surface area contributed by atoms with Gasteiger partial charge in [-0.15, -0.1) is 6.58 Å². The molecule has 0 radical (unpaired) electrons. The standard InChI is InChI=1S/C9H12OS/c1-3-4-9(10)8-6-11-5-7(8)2/h3,5-6,9-10H,1,4H2,2H3. The molecule has 2 heteroatoms. The Hall–Kier alpha value is -0.600. The second-order valence-corrected chi connectivity index (χ2v) is 3.29. The van der Waals surface area contributed by atoms with E-state index in [0.29, 0.717) is 6.42 Å². The van der Waals surface area contributed by atoms with Crippen LogP contribution in [0.4, 0.5) is 0 Å². The van der Waals surface area contributed by atoms with Crippen LogP contribution >= 0.6 is 11.3 Å². The maximum Gasteiger partial charge on any atom is 0.0834 e. The zero-order chi connectivity index (χ0) is 8.27. The molecule has 11 heavy (non-hydrogen) atoms. The molecule has 0 bridgehead atoms. The highest BCUT2D eigenvalue weighted by molar-refractivity contribution is 7.08. The topological polar surface area (TPSA) is 20.2 Å². The summed E-state index contributed by atoms with van der Waals surface area (Å²) in [4.78, 5) is 0. The lowest BCUT2D eigenvalue weighted by Crippen LogP contribution is -1.94. The van der Waals surface area contributed by atoms with Gasteiger partial charge in [-0.1, -0.05) is 6.08 Å². The number of hydrogen-bond donors (Lipinski definition) is 1. The number of aliphatic hydroxyl groups is 1. The average Bonchev–Trinajstić information content (AvgIpc) is 2.36. The summed E-state index contributed by atoms with van der Waals surface area (Å²) in [6.45, 7) is 5.60. The van der Waals surface area contributed by atoms with E-state index in [9.17, 15) is 5.11 Å². The van der Waals surface area contributed by atoms with Gasteiger partial charge in [-0.25, -0.2) is 0 Å².